The van der Waals surface area contributed by atoms with Crippen LogP contribution in [-0.2, 0) is 5.60 Å². The van der Waals surface area contributed by atoms with Crippen molar-refractivity contribution in [1.82, 2.24) is 15.0 Å². The zero-order valence-corrected chi connectivity index (χ0v) is 14.8. The van der Waals surface area contributed by atoms with Crippen LogP contribution in [0.2, 0.25) is 0 Å². The third-order valence-electron chi connectivity index (χ3n) is 4.03. The quantitative estimate of drug-likeness (QED) is 0.743. The van der Waals surface area contributed by atoms with Gasteiger partial charge in [0.15, 0.2) is 5.82 Å². The Morgan fingerprint density at radius 2 is 2.04 bits per heavy atom. The highest BCUT2D eigenvalue weighted by Gasteiger charge is 2.24. The molecule has 0 amide bonds. The summed E-state index contributed by atoms with van der Waals surface area (Å²) in [5, 5.41) is 17.9. The van der Waals surface area contributed by atoms with Gasteiger partial charge in [-0.25, -0.2) is 9.97 Å². The molecule has 3 aromatic heterocycles. The lowest BCUT2D eigenvalue weighted by Crippen LogP contribution is -2.30. The number of aryl methyl sites for hydroxylation is 1. The number of nitrogens with one attached hydrogen (secondary N) is 1. The lowest BCUT2D eigenvalue weighted by molar-refractivity contribution is 0.0719. The van der Waals surface area contributed by atoms with Gasteiger partial charge >= 0.3 is 0 Å². The van der Waals surface area contributed by atoms with Crippen molar-refractivity contribution in [3.63, 3.8) is 0 Å². The Hall–Kier alpha value is -2.31. The highest BCUT2D eigenvalue weighted by molar-refractivity contribution is 7.08. The predicted molar refractivity (Wildman–Crippen MR) is 97.1 cm³/mol. The zero-order valence-electron chi connectivity index (χ0n) is 13.9. The van der Waals surface area contributed by atoms with Gasteiger partial charge in [-0.15, -0.1) is 0 Å². The van der Waals surface area contributed by atoms with Crippen molar-refractivity contribution in [1.29, 1.82) is 0 Å². The molecule has 1 unspecified atom stereocenters. The average molecular weight is 340 g/mol. The Bertz CT molecular complexity index is 817. The number of pyridine rings is 1. The van der Waals surface area contributed by atoms with Crippen LogP contribution in [0.5, 0.6) is 0 Å². The number of aliphatic hydroxyl groups is 1. The van der Waals surface area contributed by atoms with Crippen molar-refractivity contribution < 1.29 is 5.11 Å². The normalized spacial score (nSPS) is 13.5. The maximum absolute atomic E-state index is 10.7. The minimum absolute atomic E-state index is 0.364. The summed E-state index contributed by atoms with van der Waals surface area (Å²) in [6, 6.07) is 7.59. The molecule has 2 N–H and O–H groups in total. The molecule has 124 valence electrons. The first-order valence-corrected chi connectivity index (χ1v) is 8.67. The van der Waals surface area contributed by atoms with Crippen molar-refractivity contribution in [2.24, 2.45) is 0 Å². The molecule has 0 aliphatic rings. The van der Waals surface area contributed by atoms with E-state index in [4.69, 9.17) is 0 Å². The SMILES string of the molecule is Cc1nc(-c2ccccn2)nc(NCC(C)(O)c2ccsc2)c1C. The molecule has 0 saturated carbocycles. The number of hydrogen-bond acceptors (Lipinski definition) is 6. The summed E-state index contributed by atoms with van der Waals surface area (Å²) >= 11 is 1.57. The first-order chi connectivity index (χ1) is 11.5. The van der Waals surface area contributed by atoms with E-state index < -0.39 is 5.60 Å². The summed E-state index contributed by atoms with van der Waals surface area (Å²) in [7, 11) is 0. The first kappa shape index (κ1) is 16.5. The standard InChI is InChI=1S/C18H20N4OS/c1-12-13(2)21-17(15-6-4-5-8-19-15)22-16(12)20-11-18(3,23)14-7-9-24-10-14/h4-10,23H,11H2,1-3H3,(H,20,21,22). The average Bonchev–Trinajstić information content (AvgIpc) is 3.12. The molecule has 0 spiro atoms. The van der Waals surface area contributed by atoms with E-state index in [0.717, 1.165) is 28.3 Å². The summed E-state index contributed by atoms with van der Waals surface area (Å²) < 4.78 is 0. The first-order valence-electron chi connectivity index (χ1n) is 7.73. The topological polar surface area (TPSA) is 70.9 Å². The van der Waals surface area contributed by atoms with E-state index in [9.17, 15) is 5.11 Å². The van der Waals surface area contributed by atoms with Crippen LogP contribution in [0, 0.1) is 13.8 Å². The van der Waals surface area contributed by atoms with Crippen LogP contribution >= 0.6 is 11.3 Å². The fourth-order valence-electron chi connectivity index (χ4n) is 2.34. The number of hydrogen-bond donors (Lipinski definition) is 2. The van der Waals surface area contributed by atoms with Gasteiger partial charge in [0.2, 0.25) is 0 Å². The van der Waals surface area contributed by atoms with Gasteiger partial charge in [-0.1, -0.05) is 6.07 Å². The molecule has 3 rings (SSSR count). The molecule has 6 heteroatoms. The van der Waals surface area contributed by atoms with Crippen LogP contribution in [-0.4, -0.2) is 26.6 Å². The van der Waals surface area contributed by atoms with E-state index in [2.05, 4.69) is 20.3 Å². The van der Waals surface area contributed by atoms with Gasteiger partial charge in [-0.3, -0.25) is 4.98 Å². The summed E-state index contributed by atoms with van der Waals surface area (Å²) in [4.78, 5) is 13.4. The molecule has 0 aliphatic carbocycles. The number of aromatic nitrogens is 3. The van der Waals surface area contributed by atoms with E-state index in [0.29, 0.717) is 12.4 Å². The van der Waals surface area contributed by atoms with E-state index in [1.54, 1.807) is 24.5 Å². The number of nitrogens with zero attached hydrogens (tertiary/aromatic N) is 3. The molecule has 0 aromatic carbocycles. The van der Waals surface area contributed by atoms with Crippen LogP contribution in [0.25, 0.3) is 11.5 Å². The number of rotatable bonds is 5. The zero-order chi connectivity index (χ0) is 17.2. The molecule has 0 bridgehead atoms. The van der Waals surface area contributed by atoms with Crippen molar-refractivity contribution in [2.75, 3.05) is 11.9 Å². The fraction of sp³-hybridized carbons (Fsp3) is 0.278. The molecule has 0 saturated heterocycles. The highest BCUT2D eigenvalue weighted by Crippen LogP contribution is 2.25. The molecule has 24 heavy (non-hydrogen) atoms. The van der Waals surface area contributed by atoms with Crippen LogP contribution in [0.1, 0.15) is 23.7 Å². The van der Waals surface area contributed by atoms with E-state index in [1.165, 1.54) is 0 Å². The lowest BCUT2D eigenvalue weighted by Gasteiger charge is -2.24. The predicted octanol–water partition coefficient (Wildman–Crippen LogP) is 3.54. The Labute approximate surface area is 145 Å². The van der Waals surface area contributed by atoms with Crippen LogP contribution in [0.4, 0.5) is 5.82 Å². The van der Waals surface area contributed by atoms with Gasteiger partial charge in [0.05, 0.1) is 0 Å². The maximum atomic E-state index is 10.7. The van der Waals surface area contributed by atoms with Gasteiger partial charge in [0.1, 0.15) is 17.1 Å². The second-order valence-corrected chi connectivity index (χ2v) is 6.74. The second-order valence-electron chi connectivity index (χ2n) is 5.96. The van der Waals surface area contributed by atoms with Gasteiger partial charge in [0.25, 0.3) is 0 Å². The smallest absolute Gasteiger partial charge is 0.180 e. The monoisotopic (exact) mass is 340 g/mol. The Balaban J connectivity index is 1.87. The minimum atomic E-state index is -0.962. The summed E-state index contributed by atoms with van der Waals surface area (Å²) in [6.07, 6.45) is 1.72. The highest BCUT2D eigenvalue weighted by atomic mass is 32.1. The Morgan fingerprint density at radius 3 is 2.71 bits per heavy atom. The van der Waals surface area contributed by atoms with Crippen molar-refractivity contribution in [3.8, 4) is 11.5 Å². The third kappa shape index (κ3) is 3.44. The van der Waals surface area contributed by atoms with Gasteiger partial charge in [-0.2, -0.15) is 11.3 Å². The van der Waals surface area contributed by atoms with Crippen molar-refractivity contribution in [3.05, 3.63) is 58.0 Å². The third-order valence-corrected chi connectivity index (χ3v) is 4.71. The van der Waals surface area contributed by atoms with E-state index >= 15 is 0 Å². The molecular formula is C18H20N4OS. The maximum Gasteiger partial charge on any atom is 0.180 e. The van der Waals surface area contributed by atoms with E-state index in [1.807, 2.05) is 48.9 Å². The van der Waals surface area contributed by atoms with E-state index in [-0.39, 0.29) is 0 Å². The second kappa shape index (κ2) is 6.67. The molecule has 3 heterocycles. The minimum Gasteiger partial charge on any atom is -0.384 e. The largest absolute Gasteiger partial charge is 0.384 e. The van der Waals surface area contributed by atoms with Crippen LogP contribution < -0.4 is 5.32 Å². The molecule has 5 nitrogen and oxygen atoms in total. The molecular weight excluding hydrogens is 320 g/mol. The van der Waals surface area contributed by atoms with Gasteiger partial charge in [0, 0.05) is 24.0 Å². The Morgan fingerprint density at radius 1 is 1.21 bits per heavy atom. The summed E-state index contributed by atoms with van der Waals surface area (Å²) in [5.74, 6) is 1.30. The van der Waals surface area contributed by atoms with Crippen molar-refractivity contribution >= 4 is 17.2 Å². The summed E-state index contributed by atoms with van der Waals surface area (Å²) in [6.45, 7) is 6.08. The fourth-order valence-corrected chi connectivity index (χ4v) is 3.12. The molecule has 1 atom stereocenters. The molecule has 0 radical (unpaired) electrons. The molecule has 0 aliphatic heterocycles. The number of anilines is 1. The lowest BCUT2D eigenvalue weighted by atomic mass is 9.99. The van der Waals surface area contributed by atoms with Crippen LogP contribution in [0.3, 0.4) is 0 Å². The van der Waals surface area contributed by atoms with Crippen LogP contribution in [0.15, 0.2) is 41.2 Å². The summed E-state index contributed by atoms with van der Waals surface area (Å²) in [5.41, 5.74) is 2.52. The number of thiophene rings is 1. The molecule has 0 fully saturated rings. The van der Waals surface area contributed by atoms with Crippen molar-refractivity contribution in [2.45, 2.75) is 26.4 Å². The Kier molecular flexibility index (Phi) is 4.59. The van der Waals surface area contributed by atoms with Gasteiger partial charge < -0.3 is 10.4 Å². The van der Waals surface area contributed by atoms with Gasteiger partial charge in [-0.05, 0) is 55.3 Å². The molecule has 3 aromatic rings.